The molecule has 0 unspecified atom stereocenters. The van der Waals surface area contributed by atoms with Gasteiger partial charge in [-0.05, 0) is 64.2 Å². The average molecular weight is 677 g/mol. The molecule has 0 aliphatic heterocycles. The quantitative estimate of drug-likeness (QED) is 0.0400. The maximum atomic E-state index is 12.2. The van der Waals surface area contributed by atoms with Crippen molar-refractivity contribution in [2.45, 2.75) is 225 Å². The molecular formula is C43H80O5. The molecule has 5 nitrogen and oxygen atoms in total. The van der Waals surface area contributed by atoms with Gasteiger partial charge in [-0.1, -0.05) is 167 Å². The first kappa shape index (κ1) is 46.4. The van der Waals surface area contributed by atoms with Crippen molar-refractivity contribution in [3.05, 3.63) is 24.3 Å². The summed E-state index contributed by atoms with van der Waals surface area (Å²) in [6, 6.07) is 0. The Bertz CT molecular complexity index is 731. The standard InChI is InChI=1S/C43H80O5/c1-3-5-7-9-11-13-15-17-18-19-20-21-22-23-24-26-28-30-32-34-36-38-43(46)48-41(39-44)40-47-42(45)37-35-33-31-29-27-25-16-14-12-10-8-6-4-2/h14,16-18,41,44H,3-13,15,19-40H2,1-2H3/b16-14+,18-17+/t41-/m0/s1. The van der Waals surface area contributed by atoms with Crippen LogP contribution in [0.1, 0.15) is 219 Å². The summed E-state index contributed by atoms with van der Waals surface area (Å²) in [7, 11) is 0. The van der Waals surface area contributed by atoms with Gasteiger partial charge in [0, 0.05) is 12.8 Å². The van der Waals surface area contributed by atoms with E-state index in [4.69, 9.17) is 9.47 Å². The lowest BCUT2D eigenvalue weighted by molar-refractivity contribution is -0.161. The Morgan fingerprint density at radius 1 is 0.458 bits per heavy atom. The van der Waals surface area contributed by atoms with Crippen molar-refractivity contribution >= 4 is 11.9 Å². The smallest absolute Gasteiger partial charge is 0.306 e. The van der Waals surface area contributed by atoms with Crippen molar-refractivity contribution in [1.82, 2.24) is 0 Å². The van der Waals surface area contributed by atoms with Crippen LogP contribution in [0, 0.1) is 0 Å². The Hall–Kier alpha value is -1.62. The summed E-state index contributed by atoms with van der Waals surface area (Å²) < 4.78 is 10.6. The third kappa shape index (κ3) is 37.2. The van der Waals surface area contributed by atoms with E-state index in [0.717, 1.165) is 44.9 Å². The van der Waals surface area contributed by atoms with E-state index in [9.17, 15) is 14.7 Å². The van der Waals surface area contributed by atoms with Gasteiger partial charge >= 0.3 is 11.9 Å². The van der Waals surface area contributed by atoms with Crippen LogP contribution in [0.5, 0.6) is 0 Å². The van der Waals surface area contributed by atoms with Crippen molar-refractivity contribution in [2.75, 3.05) is 13.2 Å². The van der Waals surface area contributed by atoms with E-state index < -0.39 is 6.10 Å². The van der Waals surface area contributed by atoms with Crippen molar-refractivity contribution in [3.63, 3.8) is 0 Å². The van der Waals surface area contributed by atoms with E-state index in [1.165, 1.54) is 148 Å². The number of carbonyl (C=O) groups is 2. The number of unbranched alkanes of at least 4 members (excludes halogenated alkanes) is 26. The van der Waals surface area contributed by atoms with E-state index in [-0.39, 0.29) is 25.2 Å². The Labute approximate surface area is 298 Å². The number of allylic oxidation sites excluding steroid dienone is 4. The predicted molar refractivity (Wildman–Crippen MR) is 205 cm³/mol. The second kappa shape index (κ2) is 39.8. The summed E-state index contributed by atoms with van der Waals surface area (Å²) >= 11 is 0. The fourth-order valence-corrected chi connectivity index (χ4v) is 6.01. The number of carbonyl (C=O) groups excluding carboxylic acids is 2. The van der Waals surface area contributed by atoms with Crippen LogP contribution in [0.4, 0.5) is 0 Å². The minimum atomic E-state index is -0.771. The first-order valence-electron chi connectivity index (χ1n) is 20.9. The number of esters is 2. The molecule has 0 bridgehead atoms. The number of hydrogen-bond donors (Lipinski definition) is 1. The first-order chi connectivity index (χ1) is 23.6. The third-order valence-corrected chi connectivity index (χ3v) is 9.22. The Morgan fingerprint density at radius 3 is 1.15 bits per heavy atom. The fraction of sp³-hybridized carbons (Fsp3) is 0.860. The molecule has 0 fully saturated rings. The van der Waals surface area contributed by atoms with Crippen LogP contribution in [0.15, 0.2) is 24.3 Å². The van der Waals surface area contributed by atoms with Gasteiger partial charge < -0.3 is 14.6 Å². The lowest BCUT2D eigenvalue weighted by atomic mass is 10.0. The van der Waals surface area contributed by atoms with Gasteiger partial charge in [0.2, 0.25) is 0 Å². The molecular weight excluding hydrogens is 596 g/mol. The largest absolute Gasteiger partial charge is 0.462 e. The summed E-state index contributed by atoms with van der Waals surface area (Å²) in [6.45, 7) is 4.12. The monoisotopic (exact) mass is 677 g/mol. The molecule has 5 heteroatoms. The molecule has 0 spiro atoms. The molecule has 1 N–H and O–H groups in total. The van der Waals surface area contributed by atoms with Crippen molar-refractivity contribution in [2.24, 2.45) is 0 Å². The Kier molecular flexibility index (Phi) is 38.5. The summed E-state index contributed by atoms with van der Waals surface area (Å²) in [5.74, 6) is -0.595. The normalized spacial score (nSPS) is 12.3. The molecule has 0 rings (SSSR count). The highest BCUT2D eigenvalue weighted by atomic mass is 16.6. The summed E-state index contributed by atoms with van der Waals surface area (Å²) in [5, 5.41) is 9.56. The summed E-state index contributed by atoms with van der Waals surface area (Å²) in [6.07, 6.45) is 46.7. The van der Waals surface area contributed by atoms with Crippen LogP contribution in [0.3, 0.4) is 0 Å². The van der Waals surface area contributed by atoms with Gasteiger partial charge in [0.25, 0.3) is 0 Å². The third-order valence-electron chi connectivity index (χ3n) is 9.22. The number of ether oxygens (including phenoxy) is 2. The molecule has 0 saturated heterocycles. The SMILES string of the molecule is CCCCCC/C=C/CCCCCCCC(=O)OC[C@H](CO)OC(=O)CCCCCCCCCCCCC/C=C/CCCCCCCC. The molecule has 0 aliphatic carbocycles. The van der Waals surface area contributed by atoms with Gasteiger partial charge in [-0.15, -0.1) is 0 Å². The molecule has 0 aromatic heterocycles. The highest BCUT2D eigenvalue weighted by Crippen LogP contribution is 2.14. The maximum Gasteiger partial charge on any atom is 0.306 e. The topological polar surface area (TPSA) is 72.8 Å². The van der Waals surface area contributed by atoms with Crippen LogP contribution in [0.25, 0.3) is 0 Å². The molecule has 1 atom stereocenters. The second-order valence-electron chi connectivity index (χ2n) is 14.1. The van der Waals surface area contributed by atoms with E-state index in [2.05, 4.69) is 38.2 Å². The fourth-order valence-electron chi connectivity index (χ4n) is 6.01. The van der Waals surface area contributed by atoms with Crippen LogP contribution in [-0.4, -0.2) is 36.4 Å². The van der Waals surface area contributed by atoms with Crippen molar-refractivity contribution in [3.8, 4) is 0 Å². The van der Waals surface area contributed by atoms with Crippen LogP contribution in [0.2, 0.25) is 0 Å². The minimum Gasteiger partial charge on any atom is -0.462 e. The number of hydrogen-bond acceptors (Lipinski definition) is 5. The molecule has 0 aromatic rings. The molecule has 282 valence electrons. The van der Waals surface area contributed by atoms with Crippen LogP contribution < -0.4 is 0 Å². The molecule has 0 radical (unpaired) electrons. The molecule has 0 saturated carbocycles. The van der Waals surface area contributed by atoms with Gasteiger partial charge in [0.15, 0.2) is 6.10 Å². The minimum absolute atomic E-state index is 0.0673. The highest BCUT2D eigenvalue weighted by Gasteiger charge is 2.16. The van der Waals surface area contributed by atoms with E-state index in [1.54, 1.807) is 0 Å². The van der Waals surface area contributed by atoms with Gasteiger partial charge in [-0.3, -0.25) is 9.59 Å². The molecule has 0 heterocycles. The predicted octanol–water partition coefficient (Wildman–Crippen LogP) is 13.1. The lowest BCUT2D eigenvalue weighted by Crippen LogP contribution is -2.28. The lowest BCUT2D eigenvalue weighted by Gasteiger charge is -2.15. The van der Waals surface area contributed by atoms with E-state index in [1.807, 2.05) is 0 Å². The molecule has 0 aliphatic rings. The zero-order valence-corrected chi connectivity index (χ0v) is 32.0. The zero-order valence-electron chi connectivity index (χ0n) is 32.0. The molecule has 0 amide bonds. The summed E-state index contributed by atoms with van der Waals surface area (Å²) in [5.41, 5.74) is 0. The first-order valence-corrected chi connectivity index (χ1v) is 20.9. The van der Waals surface area contributed by atoms with E-state index >= 15 is 0 Å². The van der Waals surface area contributed by atoms with Gasteiger partial charge in [0.1, 0.15) is 6.61 Å². The summed E-state index contributed by atoms with van der Waals surface area (Å²) in [4.78, 5) is 24.3. The van der Waals surface area contributed by atoms with Crippen molar-refractivity contribution in [1.29, 1.82) is 0 Å². The maximum absolute atomic E-state index is 12.2. The van der Waals surface area contributed by atoms with Crippen molar-refractivity contribution < 1.29 is 24.2 Å². The average Bonchev–Trinajstić information content (AvgIpc) is 3.09. The highest BCUT2D eigenvalue weighted by molar-refractivity contribution is 5.70. The van der Waals surface area contributed by atoms with E-state index in [0.29, 0.717) is 12.8 Å². The molecule has 48 heavy (non-hydrogen) atoms. The number of rotatable bonds is 38. The Balaban J connectivity index is 3.51. The van der Waals surface area contributed by atoms with Gasteiger partial charge in [-0.25, -0.2) is 0 Å². The number of aliphatic hydroxyl groups excluding tert-OH is 1. The zero-order chi connectivity index (χ0) is 35.0. The molecule has 0 aromatic carbocycles. The van der Waals surface area contributed by atoms with Crippen LogP contribution >= 0.6 is 0 Å². The second-order valence-corrected chi connectivity index (χ2v) is 14.1. The Morgan fingerprint density at radius 2 is 0.771 bits per heavy atom. The van der Waals surface area contributed by atoms with Gasteiger partial charge in [0.05, 0.1) is 6.61 Å². The van der Waals surface area contributed by atoms with Gasteiger partial charge in [-0.2, -0.15) is 0 Å². The van der Waals surface area contributed by atoms with Crippen LogP contribution in [-0.2, 0) is 19.1 Å². The number of aliphatic hydroxyl groups is 1.